The van der Waals surface area contributed by atoms with Crippen LogP contribution in [-0.4, -0.2) is 5.91 Å². The Kier molecular flexibility index (Phi) is 4.57. The number of carbonyl (C=O) groups is 1. The van der Waals surface area contributed by atoms with Crippen molar-refractivity contribution in [2.45, 2.75) is 19.4 Å². The second-order valence-corrected chi connectivity index (χ2v) is 5.53. The van der Waals surface area contributed by atoms with Crippen molar-refractivity contribution in [3.05, 3.63) is 95.4 Å². The fraction of sp³-hybridized carbons (Fsp3) is 0.150. The SMILES string of the molecule is Cc1ccccc1CC(=O)NC(c1ccccc1)c1ccco1. The molecular formula is C20H19NO2. The summed E-state index contributed by atoms with van der Waals surface area (Å²) in [6, 6.07) is 21.2. The van der Waals surface area contributed by atoms with Gasteiger partial charge in [-0.25, -0.2) is 0 Å². The average molecular weight is 305 g/mol. The molecule has 0 saturated heterocycles. The lowest BCUT2D eigenvalue weighted by Gasteiger charge is -2.17. The molecule has 3 aromatic rings. The highest BCUT2D eigenvalue weighted by Crippen LogP contribution is 2.22. The van der Waals surface area contributed by atoms with Gasteiger partial charge < -0.3 is 9.73 Å². The summed E-state index contributed by atoms with van der Waals surface area (Å²) in [5.41, 5.74) is 3.16. The standard InChI is InChI=1S/C20H19NO2/c1-15-8-5-6-11-17(15)14-19(22)21-20(18-12-7-13-23-18)16-9-3-2-4-10-16/h2-13,20H,14H2,1H3,(H,21,22). The van der Waals surface area contributed by atoms with Crippen LogP contribution in [0.15, 0.2) is 77.4 Å². The van der Waals surface area contributed by atoms with Crippen LogP contribution in [0.4, 0.5) is 0 Å². The predicted octanol–water partition coefficient (Wildman–Crippen LogP) is 4.04. The molecule has 3 rings (SSSR count). The van der Waals surface area contributed by atoms with Crippen molar-refractivity contribution >= 4 is 5.91 Å². The first-order valence-electron chi connectivity index (χ1n) is 7.66. The van der Waals surface area contributed by atoms with Crippen molar-refractivity contribution in [1.29, 1.82) is 0 Å². The first kappa shape index (κ1) is 15.1. The van der Waals surface area contributed by atoms with Gasteiger partial charge in [-0.3, -0.25) is 4.79 Å². The molecule has 0 aliphatic heterocycles. The third-order valence-corrected chi connectivity index (χ3v) is 3.88. The maximum absolute atomic E-state index is 12.5. The van der Waals surface area contributed by atoms with E-state index in [1.807, 2.05) is 73.7 Å². The topological polar surface area (TPSA) is 42.2 Å². The minimum atomic E-state index is -0.275. The Morgan fingerprint density at radius 3 is 2.43 bits per heavy atom. The smallest absolute Gasteiger partial charge is 0.225 e. The van der Waals surface area contributed by atoms with E-state index < -0.39 is 0 Å². The molecule has 3 heteroatoms. The van der Waals surface area contributed by atoms with Gasteiger partial charge in [0.25, 0.3) is 0 Å². The number of furan rings is 1. The Morgan fingerprint density at radius 2 is 1.74 bits per heavy atom. The quantitative estimate of drug-likeness (QED) is 0.773. The van der Waals surface area contributed by atoms with Crippen LogP contribution in [0.5, 0.6) is 0 Å². The number of hydrogen-bond acceptors (Lipinski definition) is 2. The first-order chi connectivity index (χ1) is 11.2. The number of aryl methyl sites for hydroxylation is 1. The van der Waals surface area contributed by atoms with Crippen LogP contribution >= 0.6 is 0 Å². The van der Waals surface area contributed by atoms with Gasteiger partial charge in [0.1, 0.15) is 11.8 Å². The summed E-state index contributed by atoms with van der Waals surface area (Å²) in [5.74, 6) is 0.707. The molecule has 1 N–H and O–H groups in total. The van der Waals surface area contributed by atoms with E-state index in [4.69, 9.17) is 4.42 Å². The summed E-state index contributed by atoms with van der Waals surface area (Å²) < 4.78 is 5.51. The zero-order chi connectivity index (χ0) is 16.1. The summed E-state index contributed by atoms with van der Waals surface area (Å²) >= 11 is 0. The maximum atomic E-state index is 12.5. The van der Waals surface area contributed by atoms with Gasteiger partial charge in [0.2, 0.25) is 5.91 Å². The molecule has 1 aromatic heterocycles. The van der Waals surface area contributed by atoms with E-state index in [2.05, 4.69) is 5.32 Å². The third kappa shape index (κ3) is 3.69. The van der Waals surface area contributed by atoms with Crippen molar-refractivity contribution in [1.82, 2.24) is 5.32 Å². The van der Waals surface area contributed by atoms with Gasteiger partial charge in [0.05, 0.1) is 12.7 Å². The lowest BCUT2D eigenvalue weighted by atomic mass is 10.0. The molecule has 1 heterocycles. The Balaban J connectivity index is 1.79. The third-order valence-electron chi connectivity index (χ3n) is 3.88. The Morgan fingerprint density at radius 1 is 1.00 bits per heavy atom. The number of benzene rings is 2. The van der Waals surface area contributed by atoms with E-state index in [1.165, 1.54) is 0 Å². The molecule has 3 nitrogen and oxygen atoms in total. The number of amides is 1. The molecule has 0 bridgehead atoms. The van der Waals surface area contributed by atoms with Gasteiger partial charge >= 0.3 is 0 Å². The number of carbonyl (C=O) groups excluding carboxylic acids is 1. The highest BCUT2D eigenvalue weighted by atomic mass is 16.3. The Hall–Kier alpha value is -2.81. The van der Waals surface area contributed by atoms with Gasteiger partial charge in [-0.2, -0.15) is 0 Å². The molecule has 1 unspecified atom stereocenters. The van der Waals surface area contributed by atoms with E-state index in [9.17, 15) is 4.79 Å². The van der Waals surface area contributed by atoms with Gasteiger partial charge in [0.15, 0.2) is 0 Å². The Bertz CT molecular complexity index is 763. The van der Waals surface area contributed by atoms with Crippen LogP contribution in [0.1, 0.15) is 28.5 Å². The second-order valence-electron chi connectivity index (χ2n) is 5.53. The number of nitrogens with one attached hydrogen (secondary N) is 1. The molecule has 0 aliphatic rings. The molecule has 0 saturated carbocycles. The van der Waals surface area contributed by atoms with Crippen LogP contribution in [0.3, 0.4) is 0 Å². The van der Waals surface area contributed by atoms with Crippen LogP contribution in [0.2, 0.25) is 0 Å². The van der Waals surface area contributed by atoms with E-state index in [-0.39, 0.29) is 11.9 Å². The molecule has 1 atom stereocenters. The van der Waals surface area contributed by atoms with Gasteiger partial charge in [-0.15, -0.1) is 0 Å². The number of rotatable bonds is 5. The molecule has 23 heavy (non-hydrogen) atoms. The second kappa shape index (κ2) is 6.97. The molecule has 116 valence electrons. The van der Waals surface area contributed by atoms with Gasteiger partial charge in [-0.1, -0.05) is 54.6 Å². The fourth-order valence-corrected chi connectivity index (χ4v) is 2.61. The minimum absolute atomic E-state index is 0.0236. The van der Waals surface area contributed by atoms with Crippen molar-refractivity contribution in [3.63, 3.8) is 0 Å². The van der Waals surface area contributed by atoms with Crippen LogP contribution in [0.25, 0.3) is 0 Å². The minimum Gasteiger partial charge on any atom is -0.467 e. The predicted molar refractivity (Wildman–Crippen MR) is 90.0 cm³/mol. The van der Waals surface area contributed by atoms with Crippen LogP contribution in [-0.2, 0) is 11.2 Å². The van der Waals surface area contributed by atoms with Gasteiger partial charge in [-0.05, 0) is 35.7 Å². The summed E-state index contributed by atoms with van der Waals surface area (Å²) in [6.07, 6.45) is 1.98. The summed E-state index contributed by atoms with van der Waals surface area (Å²) in [5, 5.41) is 3.08. The van der Waals surface area contributed by atoms with E-state index in [0.717, 1.165) is 22.5 Å². The average Bonchev–Trinajstić information content (AvgIpc) is 3.10. The van der Waals surface area contributed by atoms with Crippen molar-refractivity contribution < 1.29 is 9.21 Å². The summed E-state index contributed by atoms with van der Waals surface area (Å²) in [4.78, 5) is 12.5. The lowest BCUT2D eigenvalue weighted by molar-refractivity contribution is -0.121. The van der Waals surface area contributed by atoms with E-state index in [1.54, 1.807) is 6.26 Å². The van der Waals surface area contributed by atoms with Gasteiger partial charge in [0, 0.05) is 0 Å². The van der Waals surface area contributed by atoms with Crippen molar-refractivity contribution in [2.24, 2.45) is 0 Å². The number of hydrogen-bond donors (Lipinski definition) is 1. The molecule has 0 fully saturated rings. The highest BCUT2D eigenvalue weighted by molar-refractivity contribution is 5.79. The zero-order valence-corrected chi connectivity index (χ0v) is 13.0. The summed E-state index contributed by atoms with van der Waals surface area (Å²) in [7, 11) is 0. The maximum Gasteiger partial charge on any atom is 0.225 e. The lowest BCUT2D eigenvalue weighted by Crippen LogP contribution is -2.30. The molecule has 1 amide bonds. The Labute approximate surface area is 136 Å². The largest absolute Gasteiger partial charge is 0.467 e. The van der Waals surface area contributed by atoms with E-state index >= 15 is 0 Å². The highest BCUT2D eigenvalue weighted by Gasteiger charge is 2.19. The molecule has 0 radical (unpaired) electrons. The van der Waals surface area contributed by atoms with E-state index in [0.29, 0.717) is 6.42 Å². The monoisotopic (exact) mass is 305 g/mol. The molecule has 2 aromatic carbocycles. The van der Waals surface area contributed by atoms with Crippen molar-refractivity contribution in [2.75, 3.05) is 0 Å². The molecule has 0 spiro atoms. The zero-order valence-electron chi connectivity index (χ0n) is 13.0. The first-order valence-corrected chi connectivity index (χ1v) is 7.66. The molecular weight excluding hydrogens is 286 g/mol. The normalized spacial score (nSPS) is 11.9. The molecule has 0 aliphatic carbocycles. The van der Waals surface area contributed by atoms with Crippen LogP contribution in [0, 0.1) is 6.92 Å². The van der Waals surface area contributed by atoms with Crippen molar-refractivity contribution in [3.8, 4) is 0 Å². The van der Waals surface area contributed by atoms with Crippen LogP contribution < -0.4 is 5.32 Å². The fourth-order valence-electron chi connectivity index (χ4n) is 2.61. The summed E-state index contributed by atoms with van der Waals surface area (Å²) in [6.45, 7) is 2.02.